The number of aliphatic hydroxyl groups excluding tert-OH is 1. The third-order valence-electron chi connectivity index (χ3n) is 4.43. The van der Waals surface area contributed by atoms with Gasteiger partial charge in [0.25, 0.3) is 5.91 Å². The summed E-state index contributed by atoms with van der Waals surface area (Å²) < 4.78 is 44.8. The van der Waals surface area contributed by atoms with Crippen LogP contribution in [0.1, 0.15) is 30.7 Å². The Hall–Kier alpha value is -3.14. The van der Waals surface area contributed by atoms with E-state index in [1.165, 1.54) is 37.4 Å². The van der Waals surface area contributed by atoms with Gasteiger partial charge in [-0.05, 0) is 24.3 Å². The van der Waals surface area contributed by atoms with Crippen LogP contribution in [0.25, 0.3) is 0 Å². The second-order valence-corrected chi connectivity index (χ2v) is 7.62. The molecule has 10 heteroatoms. The minimum Gasteiger partial charge on any atom is -0.489 e. The van der Waals surface area contributed by atoms with E-state index in [0.29, 0.717) is 0 Å². The first-order valence-corrected chi connectivity index (χ1v) is 9.38. The fourth-order valence-electron chi connectivity index (χ4n) is 2.61. The van der Waals surface area contributed by atoms with Crippen LogP contribution >= 0.6 is 0 Å². The van der Waals surface area contributed by atoms with Gasteiger partial charge in [0.15, 0.2) is 5.69 Å². The molecule has 31 heavy (non-hydrogen) atoms. The Bertz CT molecular complexity index is 959. The number of ether oxygens (including phenoxy) is 1. The molecule has 168 valence electrons. The molecular formula is C21H25F3N4O3. The van der Waals surface area contributed by atoms with Crippen LogP contribution in [-0.2, 0) is 17.6 Å². The molecule has 0 aliphatic heterocycles. The number of carbonyl (C=O) groups is 1. The van der Waals surface area contributed by atoms with Crippen molar-refractivity contribution in [1.29, 1.82) is 0 Å². The zero-order chi connectivity index (χ0) is 23.2. The summed E-state index contributed by atoms with van der Waals surface area (Å²) in [7, 11) is 1.42. The fourth-order valence-corrected chi connectivity index (χ4v) is 2.61. The molecule has 0 radical (unpaired) electrons. The van der Waals surface area contributed by atoms with Crippen molar-refractivity contribution in [2.45, 2.75) is 26.6 Å². The molecule has 0 aliphatic carbocycles. The number of alkyl halides is 3. The average Bonchev–Trinajstić information content (AvgIpc) is 2.72. The third-order valence-corrected chi connectivity index (χ3v) is 4.43. The molecule has 1 aromatic heterocycles. The van der Waals surface area contributed by atoms with Gasteiger partial charge in [-0.25, -0.2) is 0 Å². The number of benzene rings is 1. The van der Waals surface area contributed by atoms with E-state index < -0.39 is 23.2 Å². The van der Waals surface area contributed by atoms with Gasteiger partial charge in [0, 0.05) is 48.6 Å². The van der Waals surface area contributed by atoms with Crippen LogP contribution in [0.4, 0.5) is 18.9 Å². The molecule has 1 aromatic carbocycles. The van der Waals surface area contributed by atoms with Gasteiger partial charge in [0.2, 0.25) is 0 Å². The number of aliphatic imine (C=N–C) groups is 1. The lowest BCUT2D eigenvalue weighted by molar-refractivity contribution is -0.142. The molecule has 4 N–H and O–H groups in total. The maximum Gasteiger partial charge on any atom is 0.433 e. The number of hydrogen-bond donors (Lipinski definition) is 3. The van der Waals surface area contributed by atoms with E-state index in [1.807, 2.05) is 0 Å². The number of aliphatic hydroxyl groups is 1. The number of nitrogen functional groups attached to an aromatic ring is 1. The number of hydrogen-bond acceptors (Lipinski definition) is 6. The Labute approximate surface area is 178 Å². The van der Waals surface area contributed by atoms with Gasteiger partial charge in [0.1, 0.15) is 18.1 Å². The van der Waals surface area contributed by atoms with Crippen molar-refractivity contribution in [1.82, 2.24) is 10.3 Å². The quantitative estimate of drug-likeness (QED) is 0.434. The third kappa shape index (κ3) is 6.42. The lowest BCUT2D eigenvalue weighted by atomic mass is 9.95. The molecule has 7 nitrogen and oxygen atoms in total. The summed E-state index contributed by atoms with van der Waals surface area (Å²) in [6.07, 6.45) is -3.54. The molecule has 0 bridgehead atoms. The van der Waals surface area contributed by atoms with Crippen molar-refractivity contribution in [3.63, 3.8) is 0 Å². The van der Waals surface area contributed by atoms with E-state index in [9.17, 15) is 23.1 Å². The van der Waals surface area contributed by atoms with Crippen LogP contribution in [0.15, 0.2) is 41.5 Å². The summed E-state index contributed by atoms with van der Waals surface area (Å²) in [6.45, 7) is 3.28. The molecule has 0 unspecified atom stereocenters. The van der Waals surface area contributed by atoms with Crippen molar-refractivity contribution < 1.29 is 27.8 Å². The summed E-state index contributed by atoms with van der Waals surface area (Å²) in [5.41, 5.74) is 4.89. The van der Waals surface area contributed by atoms with E-state index >= 15 is 0 Å². The zero-order valence-electron chi connectivity index (χ0n) is 17.5. The average molecular weight is 438 g/mol. The number of amides is 1. The van der Waals surface area contributed by atoms with Gasteiger partial charge in [-0.1, -0.05) is 19.9 Å². The number of nitrogens with zero attached hydrogens (tertiary/aromatic N) is 2. The minimum atomic E-state index is -4.60. The molecule has 1 amide bonds. The number of nitrogens with two attached hydrogens (primary N) is 1. The second-order valence-electron chi connectivity index (χ2n) is 7.62. The molecule has 0 spiro atoms. The standard InChI is InChI=1S/C21H25F3N4O3/c1-20(2,12-29)11-28-19(30)17(26-3)15-9-14(6-7-16(15)25)31-10-13-5-4-8-27-18(13)21(22,23)24/h4-9,29H,10-12,25H2,1-3H3,(H,28,30). The first-order chi connectivity index (χ1) is 14.5. The molecule has 0 atom stereocenters. The van der Waals surface area contributed by atoms with Crippen LogP contribution in [0.2, 0.25) is 0 Å². The molecule has 0 fully saturated rings. The largest absolute Gasteiger partial charge is 0.489 e. The molecule has 0 aliphatic rings. The van der Waals surface area contributed by atoms with E-state index in [0.717, 1.165) is 6.20 Å². The first kappa shape index (κ1) is 24.1. The minimum absolute atomic E-state index is 0.0362. The number of anilines is 1. The predicted molar refractivity (Wildman–Crippen MR) is 111 cm³/mol. The number of carbonyl (C=O) groups excluding carboxylic acids is 1. The maximum absolute atomic E-state index is 13.1. The highest BCUT2D eigenvalue weighted by Crippen LogP contribution is 2.31. The van der Waals surface area contributed by atoms with Crippen molar-refractivity contribution in [3.8, 4) is 5.75 Å². The Morgan fingerprint density at radius 2 is 2.00 bits per heavy atom. The van der Waals surface area contributed by atoms with Crippen molar-refractivity contribution in [2.75, 3.05) is 25.9 Å². The Balaban J connectivity index is 2.21. The second kappa shape index (κ2) is 9.78. The summed E-state index contributed by atoms with van der Waals surface area (Å²) in [4.78, 5) is 20.0. The van der Waals surface area contributed by atoms with Gasteiger partial charge >= 0.3 is 6.18 Å². The van der Waals surface area contributed by atoms with Crippen LogP contribution in [0.5, 0.6) is 5.75 Å². The van der Waals surface area contributed by atoms with Crippen molar-refractivity contribution in [2.24, 2.45) is 10.4 Å². The predicted octanol–water partition coefficient (Wildman–Crippen LogP) is 2.82. The van der Waals surface area contributed by atoms with Gasteiger partial charge in [0.05, 0.1) is 0 Å². The smallest absolute Gasteiger partial charge is 0.433 e. The number of halogens is 3. The summed E-state index contributed by atoms with van der Waals surface area (Å²) in [6, 6.07) is 7.08. The Morgan fingerprint density at radius 1 is 1.29 bits per heavy atom. The number of aromatic nitrogens is 1. The van der Waals surface area contributed by atoms with Gasteiger partial charge in [-0.3, -0.25) is 14.8 Å². The van der Waals surface area contributed by atoms with E-state index in [1.54, 1.807) is 13.8 Å². The maximum atomic E-state index is 13.1. The molecule has 1 heterocycles. The van der Waals surface area contributed by atoms with Gasteiger partial charge in [-0.15, -0.1) is 0 Å². The van der Waals surface area contributed by atoms with E-state index in [-0.39, 0.29) is 48.0 Å². The highest BCUT2D eigenvalue weighted by Gasteiger charge is 2.35. The highest BCUT2D eigenvalue weighted by atomic mass is 19.4. The summed E-state index contributed by atoms with van der Waals surface area (Å²) in [5.74, 6) is -0.287. The number of rotatable bonds is 8. The van der Waals surface area contributed by atoms with E-state index in [2.05, 4.69) is 15.3 Å². The molecule has 2 aromatic rings. The first-order valence-electron chi connectivity index (χ1n) is 9.38. The van der Waals surface area contributed by atoms with Crippen LogP contribution in [0, 0.1) is 5.41 Å². The van der Waals surface area contributed by atoms with Crippen molar-refractivity contribution in [3.05, 3.63) is 53.3 Å². The highest BCUT2D eigenvalue weighted by molar-refractivity contribution is 6.46. The number of pyridine rings is 1. The summed E-state index contributed by atoms with van der Waals surface area (Å²) in [5, 5.41) is 12.0. The monoisotopic (exact) mass is 438 g/mol. The zero-order valence-corrected chi connectivity index (χ0v) is 17.5. The normalized spacial score (nSPS) is 12.5. The Kier molecular flexibility index (Phi) is 7.61. The van der Waals surface area contributed by atoms with Crippen LogP contribution < -0.4 is 15.8 Å². The van der Waals surface area contributed by atoms with Crippen molar-refractivity contribution >= 4 is 17.3 Å². The molecular weight excluding hydrogens is 413 g/mol. The topological polar surface area (TPSA) is 110 Å². The van der Waals surface area contributed by atoms with Gasteiger partial charge < -0.3 is 20.9 Å². The Morgan fingerprint density at radius 3 is 2.61 bits per heavy atom. The van der Waals surface area contributed by atoms with E-state index in [4.69, 9.17) is 10.5 Å². The lowest BCUT2D eigenvalue weighted by Crippen LogP contribution is -2.40. The lowest BCUT2D eigenvalue weighted by Gasteiger charge is -2.22. The summed E-state index contributed by atoms with van der Waals surface area (Å²) >= 11 is 0. The van der Waals surface area contributed by atoms with Crippen LogP contribution in [-0.4, -0.2) is 41.9 Å². The fraction of sp³-hybridized carbons (Fsp3) is 0.381. The number of nitrogens with one attached hydrogen (secondary N) is 1. The SMILES string of the molecule is CN=C(C(=O)NCC(C)(C)CO)c1cc(OCc2cccnc2C(F)(F)F)ccc1N. The van der Waals surface area contributed by atoms with Gasteiger partial charge in [-0.2, -0.15) is 13.2 Å². The molecule has 0 saturated heterocycles. The molecule has 2 rings (SSSR count). The molecule has 0 saturated carbocycles. The van der Waals surface area contributed by atoms with Crippen LogP contribution in [0.3, 0.4) is 0 Å².